The number of nitrogen functional groups attached to an aromatic ring is 1. The third-order valence-electron chi connectivity index (χ3n) is 2.53. The molecule has 0 aromatic carbocycles. The minimum Gasteiger partial charge on any atom is -0.411 e. The fourth-order valence-corrected chi connectivity index (χ4v) is 1.69. The van der Waals surface area contributed by atoms with Crippen molar-refractivity contribution < 1.29 is 15.1 Å². The summed E-state index contributed by atoms with van der Waals surface area (Å²) in [4.78, 5) is 15.1. The summed E-state index contributed by atoms with van der Waals surface area (Å²) < 4.78 is 6.60. The van der Waals surface area contributed by atoms with E-state index in [0.717, 1.165) is 0 Å². The van der Waals surface area contributed by atoms with Crippen LogP contribution in [0.25, 0.3) is 0 Å². The van der Waals surface area contributed by atoms with E-state index in [-0.39, 0.29) is 18.8 Å². The molecule has 1 saturated heterocycles. The van der Waals surface area contributed by atoms with Gasteiger partial charge in [0.25, 0.3) is 0 Å². The maximum Gasteiger partial charge on any atom is 0.351 e. The van der Waals surface area contributed by atoms with Crippen molar-refractivity contribution in [3.8, 4) is 0 Å². The highest BCUT2D eigenvalue weighted by molar-refractivity contribution is 5.90. The fraction of sp³-hybridized carbons (Fsp3) is 0.444. The number of aliphatic hydroxyl groups excluding tert-OH is 1. The van der Waals surface area contributed by atoms with Crippen LogP contribution in [0.3, 0.4) is 0 Å². The maximum absolute atomic E-state index is 11.5. The van der Waals surface area contributed by atoms with Gasteiger partial charge in [-0.2, -0.15) is 4.98 Å². The molecule has 2 unspecified atom stereocenters. The molecular weight excluding hydrogens is 228 g/mol. The molecule has 0 amide bonds. The monoisotopic (exact) mass is 240 g/mol. The van der Waals surface area contributed by atoms with Gasteiger partial charge in [0.2, 0.25) is 0 Å². The van der Waals surface area contributed by atoms with Crippen LogP contribution < -0.4 is 11.4 Å². The number of ether oxygens (including phenoxy) is 1. The van der Waals surface area contributed by atoms with Crippen LogP contribution in [0.5, 0.6) is 0 Å². The molecule has 2 atom stereocenters. The first-order valence-electron chi connectivity index (χ1n) is 4.97. The van der Waals surface area contributed by atoms with Gasteiger partial charge in [0.1, 0.15) is 18.1 Å². The third-order valence-corrected chi connectivity index (χ3v) is 2.53. The Morgan fingerprint density at radius 2 is 2.47 bits per heavy atom. The Morgan fingerprint density at radius 1 is 1.71 bits per heavy atom. The maximum atomic E-state index is 11.5. The van der Waals surface area contributed by atoms with Crippen molar-refractivity contribution in [2.24, 2.45) is 5.16 Å². The lowest BCUT2D eigenvalue weighted by Gasteiger charge is -2.13. The number of hydrogen-bond donors (Lipinski definition) is 3. The minimum atomic E-state index is -0.700. The van der Waals surface area contributed by atoms with Gasteiger partial charge in [-0.25, -0.2) is 4.79 Å². The molecule has 1 aromatic heterocycles. The van der Waals surface area contributed by atoms with Gasteiger partial charge < -0.3 is 20.8 Å². The predicted octanol–water partition coefficient (Wildman–Crippen LogP) is -1.06. The molecule has 0 radical (unpaired) electrons. The first-order valence-corrected chi connectivity index (χ1v) is 4.97. The van der Waals surface area contributed by atoms with Crippen molar-refractivity contribution >= 4 is 11.5 Å². The predicted molar refractivity (Wildman–Crippen MR) is 57.7 cm³/mol. The summed E-state index contributed by atoms with van der Waals surface area (Å²) in [5.74, 6) is 0.124. The standard InChI is InChI=1S/C9H12N4O4/c10-7-1-2-13(9(15)11-7)8-3-5(12-16)6(4-14)17-8/h1-2,6,8,14,16H,3-4H2,(H2,10,11,15)/b12-5-. The second-order valence-corrected chi connectivity index (χ2v) is 3.60. The lowest BCUT2D eigenvalue weighted by atomic mass is 10.2. The molecule has 1 fully saturated rings. The lowest BCUT2D eigenvalue weighted by molar-refractivity contribution is -0.0151. The molecule has 1 aromatic rings. The average Bonchev–Trinajstić information content (AvgIpc) is 2.72. The van der Waals surface area contributed by atoms with Gasteiger partial charge in [-0.3, -0.25) is 4.57 Å². The molecule has 0 saturated carbocycles. The van der Waals surface area contributed by atoms with E-state index in [1.165, 1.54) is 16.8 Å². The smallest absolute Gasteiger partial charge is 0.351 e. The summed E-state index contributed by atoms with van der Waals surface area (Å²) in [6, 6.07) is 1.47. The summed E-state index contributed by atoms with van der Waals surface area (Å²) in [6.07, 6.45) is 0.324. The van der Waals surface area contributed by atoms with Crippen molar-refractivity contribution in [1.29, 1.82) is 0 Å². The van der Waals surface area contributed by atoms with Crippen LogP contribution in [0.4, 0.5) is 5.82 Å². The van der Waals surface area contributed by atoms with Crippen molar-refractivity contribution in [3.63, 3.8) is 0 Å². The number of aromatic nitrogens is 2. The molecule has 1 aliphatic rings. The number of rotatable bonds is 2. The number of oxime groups is 1. The molecule has 92 valence electrons. The molecule has 0 aliphatic carbocycles. The summed E-state index contributed by atoms with van der Waals surface area (Å²) >= 11 is 0. The van der Waals surface area contributed by atoms with Crippen LogP contribution in [0.15, 0.2) is 22.2 Å². The largest absolute Gasteiger partial charge is 0.411 e. The second-order valence-electron chi connectivity index (χ2n) is 3.60. The zero-order chi connectivity index (χ0) is 12.4. The topological polar surface area (TPSA) is 123 Å². The highest BCUT2D eigenvalue weighted by Gasteiger charge is 2.33. The van der Waals surface area contributed by atoms with Crippen LogP contribution in [-0.2, 0) is 4.74 Å². The van der Waals surface area contributed by atoms with Gasteiger partial charge in [0, 0.05) is 12.6 Å². The molecule has 8 heteroatoms. The zero-order valence-electron chi connectivity index (χ0n) is 8.85. The second kappa shape index (κ2) is 4.52. The SMILES string of the molecule is Nc1ccn(C2C/C(=N/O)C(CO)O2)c(=O)n1. The van der Waals surface area contributed by atoms with Crippen LogP contribution in [0.2, 0.25) is 0 Å². The Labute approximate surface area is 96.0 Å². The average molecular weight is 240 g/mol. The van der Waals surface area contributed by atoms with Crippen molar-refractivity contribution in [2.45, 2.75) is 18.8 Å². The Hall–Kier alpha value is -1.93. The summed E-state index contributed by atoms with van der Waals surface area (Å²) in [6.45, 7) is -0.312. The van der Waals surface area contributed by atoms with Gasteiger partial charge >= 0.3 is 5.69 Å². The Morgan fingerprint density at radius 3 is 3.00 bits per heavy atom. The van der Waals surface area contributed by atoms with Crippen molar-refractivity contribution in [3.05, 3.63) is 22.7 Å². The Bertz CT molecular complexity index is 498. The number of anilines is 1. The van der Waals surface area contributed by atoms with Gasteiger partial charge in [-0.15, -0.1) is 0 Å². The van der Waals surface area contributed by atoms with E-state index in [1.807, 2.05) is 0 Å². The van der Waals surface area contributed by atoms with E-state index in [4.69, 9.17) is 20.8 Å². The number of nitrogens with zero attached hydrogens (tertiary/aromatic N) is 3. The molecule has 8 nitrogen and oxygen atoms in total. The van der Waals surface area contributed by atoms with E-state index in [1.54, 1.807) is 0 Å². The van der Waals surface area contributed by atoms with Crippen LogP contribution in [-0.4, -0.2) is 38.3 Å². The van der Waals surface area contributed by atoms with Gasteiger partial charge in [-0.05, 0) is 6.07 Å². The van der Waals surface area contributed by atoms with Gasteiger partial charge in [0.05, 0.1) is 12.3 Å². The molecule has 17 heavy (non-hydrogen) atoms. The highest BCUT2D eigenvalue weighted by Crippen LogP contribution is 2.24. The van der Waals surface area contributed by atoms with E-state index < -0.39 is 18.0 Å². The number of aliphatic hydroxyl groups is 1. The fourth-order valence-electron chi connectivity index (χ4n) is 1.69. The van der Waals surface area contributed by atoms with E-state index in [2.05, 4.69) is 10.1 Å². The molecular formula is C9H12N4O4. The highest BCUT2D eigenvalue weighted by atomic mass is 16.5. The van der Waals surface area contributed by atoms with Gasteiger partial charge in [-0.1, -0.05) is 5.16 Å². The van der Waals surface area contributed by atoms with Crippen LogP contribution >= 0.6 is 0 Å². The minimum absolute atomic E-state index is 0.124. The number of hydrogen-bond acceptors (Lipinski definition) is 7. The Kier molecular flexibility index (Phi) is 3.07. The molecule has 2 rings (SSSR count). The van der Waals surface area contributed by atoms with Gasteiger partial charge in [0.15, 0.2) is 0 Å². The van der Waals surface area contributed by atoms with Crippen molar-refractivity contribution in [1.82, 2.24) is 9.55 Å². The summed E-state index contributed by atoms with van der Waals surface area (Å²) in [5.41, 5.74) is 5.11. The van der Waals surface area contributed by atoms with Crippen molar-refractivity contribution in [2.75, 3.05) is 12.3 Å². The molecule has 4 N–H and O–H groups in total. The molecule has 0 spiro atoms. The van der Waals surface area contributed by atoms with E-state index >= 15 is 0 Å². The van der Waals surface area contributed by atoms with Crippen LogP contribution in [0.1, 0.15) is 12.6 Å². The summed E-state index contributed by atoms with van der Waals surface area (Å²) in [5, 5.41) is 20.8. The quantitative estimate of drug-likeness (QED) is 0.447. The molecule has 0 bridgehead atoms. The molecule has 2 heterocycles. The first kappa shape index (κ1) is 11.6. The Balaban J connectivity index is 2.28. The number of nitrogens with two attached hydrogens (primary N) is 1. The zero-order valence-corrected chi connectivity index (χ0v) is 8.85. The first-order chi connectivity index (χ1) is 8.15. The third kappa shape index (κ3) is 2.12. The summed E-state index contributed by atoms with van der Waals surface area (Å²) in [7, 11) is 0. The molecule has 1 aliphatic heterocycles. The van der Waals surface area contributed by atoms with Crippen LogP contribution in [0, 0.1) is 0 Å². The normalized spacial score (nSPS) is 26.5. The van der Waals surface area contributed by atoms with E-state index in [0.29, 0.717) is 5.71 Å². The van der Waals surface area contributed by atoms with E-state index in [9.17, 15) is 4.79 Å². The lowest BCUT2D eigenvalue weighted by Crippen LogP contribution is -2.27.